The van der Waals surface area contributed by atoms with Crippen molar-refractivity contribution in [2.24, 2.45) is 0 Å². The highest BCUT2D eigenvalue weighted by atomic mass is 32.2. The van der Waals surface area contributed by atoms with Gasteiger partial charge in [-0.3, -0.25) is 0 Å². The highest BCUT2D eigenvalue weighted by Gasteiger charge is 2.17. The lowest BCUT2D eigenvalue weighted by Crippen LogP contribution is -2.09. The quantitative estimate of drug-likeness (QED) is 0.375. The highest BCUT2D eigenvalue weighted by molar-refractivity contribution is 8.16. The van der Waals surface area contributed by atoms with Crippen molar-refractivity contribution in [1.82, 2.24) is 0 Å². The minimum absolute atomic E-state index is 0.484. The van der Waals surface area contributed by atoms with Crippen molar-refractivity contribution in [1.29, 1.82) is 0 Å². The van der Waals surface area contributed by atoms with E-state index in [0.29, 0.717) is 12.5 Å². The SMILES string of the molecule is CO[Si](=O)CCC(S)(S)S. The molecule has 0 N–H and O–H groups in total. The predicted octanol–water partition coefficient (Wildman–Crippen LogP) is 1.38. The number of hydrogen-bond donors (Lipinski definition) is 3. The molecule has 0 heterocycles. The van der Waals surface area contributed by atoms with E-state index in [2.05, 4.69) is 42.3 Å². The molecule has 0 aromatic rings. The van der Waals surface area contributed by atoms with Gasteiger partial charge in [-0.25, -0.2) is 0 Å². The van der Waals surface area contributed by atoms with Crippen molar-refractivity contribution in [3.05, 3.63) is 0 Å². The van der Waals surface area contributed by atoms with Crippen LogP contribution in [-0.4, -0.2) is 19.4 Å². The molecule has 0 unspecified atom stereocenters. The summed E-state index contributed by atoms with van der Waals surface area (Å²) in [7, 11) is -0.429. The lowest BCUT2D eigenvalue weighted by molar-refractivity contribution is 0.362. The lowest BCUT2D eigenvalue weighted by atomic mass is 10.5. The molecule has 0 aliphatic heterocycles. The van der Waals surface area contributed by atoms with Crippen molar-refractivity contribution in [2.75, 3.05) is 7.11 Å². The average molecular weight is 214 g/mol. The van der Waals surface area contributed by atoms with Gasteiger partial charge in [0, 0.05) is 6.04 Å². The molecule has 0 atom stereocenters. The van der Waals surface area contributed by atoms with Crippen molar-refractivity contribution in [2.45, 2.75) is 15.9 Å². The van der Waals surface area contributed by atoms with Crippen LogP contribution in [0, 0.1) is 0 Å². The summed E-state index contributed by atoms with van der Waals surface area (Å²) in [5.74, 6) is 0. The first-order chi connectivity index (χ1) is 4.45. The molecule has 0 aliphatic rings. The van der Waals surface area contributed by atoms with Gasteiger partial charge in [-0.2, -0.15) is 37.9 Å². The standard InChI is InChI=1S/C4H10O2S3Si/c1-6-10(5)3-2-4(7,8)9/h7-9H,2-3H2,1H3. The molecule has 6 heteroatoms. The normalized spacial score (nSPS) is 11.2. The van der Waals surface area contributed by atoms with E-state index in [0.717, 1.165) is 0 Å². The molecule has 0 saturated carbocycles. The molecule has 2 nitrogen and oxygen atoms in total. The summed E-state index contributed by atoms with van der Waals surface area (Å²) < 4.78 is 14.7. The first-order valence-corrected chi connectivity index (χ1v) is 5.56. The first kappa shape index (κ1) is 10.9. The Morgan fingerprint density at radius 1 is 1.50 bits per heavy atom. The van der Waals surface area contributed by atoms with Gasteiger partial charge < -0.3 is 8.89 Å². The molecule has 0 aromatic heterocycles. The van der Waals surface area contributed by atoms with Crippen LogP contribution in [0.15, 0.2) is 0 Å². The summed E-state index contributed by atoms with van der Waals surface area (Å²) in [6.07, 6.45) is 0.563. The molecule has 0 amide bonds. The first-order valence-electron chi connectivity index (χ1n) is 2.69. The fourth-order valence-corrected chi connectivity index (χ4v) is 2.12. The Kier molecular flexibility index (Phi) is 5.09. The van der Waals surface area contributed by atoms with Gasteiger partial charge in [0.2, 0.25) is 0 Å². The second-order valence-electron chi connectivity index (χ2n) is 1.85. The fraction of sp³-hybridized carbons (Fsp3) is 1.00. The van der Waals surface area contributed by atoms with Crippen molar-refractivity contribution >= 4 is 46.8 Å². The molecule has 10 heavy (non-hydrogen) atoms. The van der Waals surface area contributed by atoms with Crippen LogP contribution in [0.4, 0.5) is 0 Å². The van der Waals surface area contributed by atoms with E-state index in [1.165, 1.54) is 7.11 Å². The van der Waals surface area contributed by atoms with E-state index in [1.807, 2.05) is 0 Å². The monoisotopic (exact) mass is 214 g/mol. The Balaban J connectivity index is 3.46. The molecule has 0 aromatic carbocycles. The second kappa shape index (κ2) is 4.69. The van der Waals surface area contributed by atoms with E-state index in [4.69, 9.17) is 0 Å². The second-order valence-corrected chi connectivity index (χ2v) is 6.85. The maximum atomic E-state index is 10.7. The van der Waals surface area contributed by atoms with Crippen LogP contribution < -0.4 is 0 Å². The maximum Gasteiger partial charge on any atom is 0.502 e. The lowest BCUT2D eigenvalue weighted by Gasteiger charge is -2.12. The zero-order chi connectivity index (χ0) is 8.20. The third-order valence-electron chi connectivity index (χ3n) is 0.892. The van der Waals surface area contributed by atoms with E-state index in [-0.39, 0.29) is 0 Å². The van der Waals surface area contributed by atoms with Crippen LogP contribution in [0.5, 0.6) is 0 Å². The number of rotatable bonds is 4. The van der Waals surface area contributed by atoms with Crippen LogP contribution >= 0.6 is 37.9 Å². The Hall–Kier alpha value is 0.867. The van der Waals surface area contributed by atoms with Gasteiger partial charge in [-0.15, -0.1) is 0 Å². The minimum Gasteiger partial charge on any atom is -0.527 e. The van der Waals surface area contributed by atoms with E-state index >= 15 is 0 Å². The molecular formula is C4H10O2S3Si. The Bertz CT molecular complexity index is 122. The molecular weight excluding hydrogens is 204 g/mol. The summed E-state index contributed by atoms with van der Waals surface area (Å²) in [5.41, 5.74) is 0. The molecule has 0 saturated heterocycles. The average Bonchev–Trinajstić information content (AvgIpc) is 1.81. The molecule has 0 aliphatic carbocycles. The van der Waals surface area contributed by atoms with Gasteiger partial charge in [0.1, 0.15) is 0 Å². The molecule has 60 valence electrons. The maximum absolute atomic E-state index is 10.7. The van der Waals surface area contributed by atoms with Crippen LogP contribution in [0.1, 0.15) is 6.42 Å². The van der Waals surface area contributed by atoms with Crippen molar-refractivity contribution < 1.29 is 8.89 Å². The zero-order valence-electron chi connectivity index (χ0n) is 5.57. The van der Waals surface area contributed by atoms with Gasteiger partial charge in [-0.1, -0.05) is 0 Å². The topological polar surface area (TPSA) is 26.3 Å². The summed E-state index contributed by atoms with van der Waals surface area (Å²) in [6.45, 7) is 0. The largest absolute Gasteiger partial charge is 0.527 e. The molecule has 0 spiro atoms. The number of thiol groups is 3. The van der Waals surface area contributed by atoms with Gasteiger partial charge >= 0.3 is 8.93 Å². The van der Waals surface area contributed by atoms with E-state index in [1.54, 1.807) is 0 Å². The Morgan fingerprint density at radius 2 is 2.00 bits per heavy atom. The van der Waals surface area contributed by atoms with Gasteiger partial charge in [0.15, 0.2) is 0 Å². The van der Waals surface area contributed by atoms with Crippen LogP contribution in [-0.2, 0) is 8.89 Å². The van der Waals surface area contributed by atoms with Crippen molar-refractivity contribution in [3.8, 4) is 0 Å². The van der Waals surface area contributed by atoms with Gasteiger partial charge in [0.25, 0.3) is 0 Å². The molecule has 0 bridgehead atoms. The van der Waals surface area contributed by atoms with Crippen LogP contribution in [0.25, 0.3) is 0 Å². The Labute approximate surface area is 78.7 Å². The molecule has 0 radical (unpaired) electrons. The molecule has 0 fully saturated rings. The number of hydrogen-bond acceptors (Lipinski definition) is 5. The van der Waals surface area contributed by atoms with Crippen molar-refractivity contribution in [3.63, 3.8) is 0 Å². The zero-order valence-corrected chi connectivity index (χ0v) is 9.26. The minimum atomic E-state index is -1.86. The summed E-state index contributed by atoms with van der Waals surface area (Å²) >= 11 is 12.1. The third-order valence-corrected chi connectivity index (χ3v) is 2.68. The summed E-state index contributed by atoms with van der Waals surface area (Å²) in [5, 5.41) is 0. The Morgan fingerprint density at radius 3 is 2.30 bits per heavy atom. The van der Waals surface area contributed by atoms with Crippen LogP contribution in [0.2, 0.25) is 6.04 Å². The smallest absolute Gasteiger partial charge is 0.502 e. The predicted molar refractivity (Wildman–Crippen MR) is 52.6 cm³/mol. The summed E-state index contributed by atoms with van der Waals surface area (Å²) in [4.78, 5) is 0. The van der Waals surface area contributed by atoms with E-state index in [9.17, 15) is 4.46 Å². The highest BCUT2D eigenvalue weighted by Crippen LogP contribution is 2.29. The van der Waals surface area contributed by atoms with Crippen LogP contribution in [0.3, 0.4) is 0 Å². The summed E-state index contributed by atoms with van der Waals surface area (Å²) in [6, 6.07) is 0.484. The molecule has 0 rings (SSSR count). The van der Waals surface area contributed by atoms with Gasteiger partial charge in [0.05, 0.1) is 10.5 Å². The third kappa shape index (κ3) is 6.98. The van der Waals surface area contributed by atoms with Gasteiger partial charge in [-0.05, 0) is 6.42 Å². The van der Waals surface area contributed by atoms with E-state index < -0.39 is 12.3 Å². The fourth-order valence-electron chi connectivity index (χ4n) is 0.372.